The lowest BCUT2D eigenvalue weighted by molar-refractivity contribution is 0.230. The van der Waals surface area contributed by atoms with Crippen LogP contribution in [0, 0.1) is 0 Å². The predicted octanol–water partition coefficient (Wildman–Crippen LogP) is 3.95. The van der Waals surface area contributed by atoms with Crippen LogP contribution in [0.1, 0.15) is 38.8 Å². The molecule has 9 nitrogen and oxygen atoms in total. The SMILES string of the molecule is COc1cc(C=NNC(=O)NN=Cc2ccc(OC(C)C)c(OC)c2)ccc1OC(C)C. The molecule has 0 aliphatic carbocycles. The van der Waals surface area contributed by atoms with Gasteiger partial charge in [-0.05, 0) is 75.2 Å². The molecule has 0 heterocycles. The smallest absolute Gasteiger partial charge is 0.355 e. The zero-order valence-electron chi connectivity index (χ0n) is 19.2. The Bertz CT molecular complexity index is 882. The Morgan fingerprint density at radius 2 is 1.16 bits per heavy atom. The maximum atomic E-state index is 11.9. The van der Waals surface area contributed by atoms with Gasteiger partial charge in [0.25, 0.3) is 0 Å². The molecule has 0 aromatic heterocycles. The average Bonchev–Trinajstić information content (AvgIpc) is 2.74. The Morgan fingerprint density at radius 1 is 0.750 bits per heavy atom. The molecule has 2 aromatic rings. The van der Waals surface area contributed by atoms with E-state index in [4.69, 9.17) is 18.9 Å². The summed E-state index contributed by atoms with van der Waals surface area (Å²) in [6.45, 7) is 7.75. The van der Waals surface area contributed by atoms with Gasteiger partial charge in [-0.25, -0.2) is 15.6 Å². The number of carbonyl (C=O) groups excluding carboxylic acids is 1. The van der Waals surface area contributed by atoms with E-state index < -0.39 is 6.03 Å². The van der Waals surface area contributed by atoms with E-state index >= 15 is 0 Å². The molecule has 0 fully saturated rings. The van der Waals surface area contributed by atoms with Crippen molar-refractivity contribution >= 4 is 18.5 Å². The van der Waals surface area contributed by atoms with Gasteiger partial charge in [0, 0.05) is 0 Å². The molecule has 0 atom stereocenters. The fourth-order valence-electron chi connectivity index (χ4n) is 2.59. The normalized spacial score (nSPS) is 11.2. The molecule has 0 saturated carbocycles. The van der Waals surface area contributed by atoms with Crippen LogP contribution in [-0.4, -0.2) is 44.9 Å². The zero-order valence-corrected chi connectivity index (χ0v) is 19.2. The van der Waals surface area contributed by atoms with Crippen LogP contribution < -0.4 is 29.8 Å². The summed E-state index contributed by atoms with van der Waals surface area (Å²) in [7, 11) is 3.13. The molecule has 9 heteroatoms. The molecule has 2 amide bonds. The summed E-state index contributed by atoms with van der Waals surface area (Å²) < 4.78 is 22.0. The van der Waals surface area contributed by atoms with Crippen LogP contribution in [0.4, 0.5) is 4.79 Å². The maximum Gasteiger partial charge on any atom is 0.355 e. The van der Waals surface area contributed by atoms with Crippen molar-refractivity contribution < 1.29 is 23.7 Å². The van der Waals surface area contributed by atoms with Crippen LogP contribution in [0.5, 0.6) is 23.0 Å². The summed E-state index contributed by atoms with van der Waals surface area (Å²) in [5, 5.41) is 7.81. The van der Waals surface area contributed by atoms with E-state index in [2.05, 4.69) is 21.1 Å². The van der Waals surface area contributed by atoms with Crippen molar-refractivity contribution in [1.29, 1.82) is 0 Å². The van der Waals surface area contributed by atoms with E-state index in [1.165, 1.54) is 12.4 Å². The highest BCUT2D eigenvalue weighted by Gasteiger charge is 2.08. The van der Waals surface area contributed by atoms with Crippen molar-refractivity contribution in [3.05, 3.63) is 47.5 Å². The summed E-state index contributed by atoms with van der Waals surface area (Å²) in [6.07, 6.45) is 3.04. The number of urea groups is 1. The summed E-state index contributed by atoms with van der Waals surface area (Å²) in [4.78, 5) is 11.9. The lowest BCUT2D eigenvalue weighted by Crippen LogP contribution is -2.28. The van der Waals surface area contributed by atoms with Gasteiger partial charge < -0.3 is 18.9 Å². The molecule has 2 N–H and O–H groups in total. The van der Waals surface area contributed by atoms with Crippen molar-refractivity contribution in [1.82, 2.24) is 10.9 Å². The number of nitrogens with one attached hydrogen (secondary N) is 2. The Morgan fingerprint density at radius 3 is 1.50 bits per heavy atom. The minimum Gasteiger partial charge on any atom is -0.493 e. The van der Waals surface area contributed by atoms with Crippen molar-refractivity contribution in [2.24, 2.45) is 10.2 Å². The molecule has 32 heavy (non-hydrogen) atoms. The van der Waals surface area contributed by atoms with Gasteiger partial charge in [-0.15, -0.1) is 0 Å². The van der Waals surface area contributed by atoms with Crippen LogP contribution in [0.2, 0.25) is 0 Å². The molecule has 2 aromatic carbocycles. The number of rotatable bonds is 10. The van der Waals surface area contributed by atoms with Crippen molar-refractivity contribution in [2.45, 2.75) is 39.9 Å². The Balaban J connectivity index is 1.90. The summed E-state index contributed by atoms with van der Waals surface area (Å²) >= 11 is 0. The second-order valence-corrected chi connectivity index (χ2v) is 7.22. The topological polar surface area (TPSA) is 103 Å². The van der Waals surface area contributed by atoms with Gasteiger partial charge >= 0.3 is 6.03 Å². The van der Waals surface area contributed by atoms with E-state index in [0.29, 0.717) is 23.0 Å². The number of ether oxygens (including phenoxy) is 4. The quantitative estimate of drug-likeness (QED) is 0.428. The highest BCUT2D eigenvalue weighted by molar-refractivity contribution is 5.84. The van der Waals surface area contributed by atoms with Gasteiger partial charge in [0.1, 0.15) is 0 Å². The number of amides is 2. The number of hydrogen-bond donors (Lipinski definition) is 2. The van der Waals surface area contributed by atoms with Gasteiger partial charge in [-0.2, -0.15) is 10.2 Å². The van der Waals surface area contributed by atoms with Crippen LogP contribution in [0.15, 0.2) is 46.6 Å². The van der Waals surface area contributed by atoms with E-state index in [1.54, 1.807) is 38.5 Å². The third kappa shape index (κ3) is 7.82. The van der Waals surface area contributed by atoms with E-state index in [9.17, 15) is 4.79 Å². The second-order valence-electron chi connectivity index (χ2n) is 7.22. The molecule has 0 saturated heterocycles. The van der Waals surface area contributed by atoms with Gasteiger partial charge in [0.15, 0.2) is 23.0 Å². The number of hydrazone groups is 2. The van der Waals surface area contributed by atoms with Crippen molar-refractivity contribution in [3.63, 3.8) is 0 Å². The van der Waals surface area contributed by atoms with Crippen LogP contribution in [0.25, 0.3) is 0 Å². The lowest BCUT2D eigenvalue weighted by Gasteiger charge is -2.13. The number of hydrogen-bond acceptors (Lipinski definition) is 7. The molecule has 0 unspecified atom stereocenters. The van der Waals surface area contributed by atoms with Crippen LogP contribution in [0.3, 0.4) is 0 Å². The van der Waals surface area contributed by atoms with Gasteiger partial charge in [0.05, 0.1) is 38.9 Å². The molecule has 2 rings (SSSR count). The van der Waals surface area contributed by atoms with E-state index in [-0.39, 0.29) is 12.2 Å². The molecule has 0 aliphatic rings. The molecule has 0 aliphatic heterocycles. The largest absolute Gasteiger partial charge is 0.493 e. The Labute approximate surface area is 188 Å². The maximum absolute atomic E-state index is 11.9. The minimum atomic E-state index is -0.587. The number of benzene rings is 2. The first-order valence-corrected chi connectivity index (χ1v) is 10.1. The fraction of sp³-hybridized carbons (Fsp3) is 0.348. The number of methoxy groups -OCH3 is 2. The first-order valence-electron chi connectivity index (χ1n) is 10.1. The standard InChI is InChI=1S/C23H30N4O5/c1-15(2)31-19-9-7-17(11-21(19)29-5)13-24-26-23(28)27-25-14-18-8-10-20(32-16(3)4)22(12-18)30-6/h7-16H,1-6H3,(H2,26,27,28). The third-order valence-corrected chi connectivity index (χ3v) is 3.86. The van der Waals surface area contributed by atoms with Crippen LogP contribution >= 0.6 is 0 Å². The first kappa shape index (κ1) is 24.5. The Hall–Kier alpha value is -3.75. The van der Waals surface area contributed by atoms with Crippen molar-refractivity contribution in [2.75, 3.05) is 14.2 Å². The first-order chi connectivity index (χ1) is 15.3. The lowest BCUT2D eigenvalue weighted by atomic mass is 10.2. The molecular formula is C23H30N4O5. The third-order valence-electron chi connectivity index (χ3n) is 3.86. The number of carbonyl (C=O) groups is 1. The highest BCUT2D eigenvalue weighted by Crippen LogP contribution is 2.29. The van der Waals surface area contributed by atoms with Gasteiger partial charge in [-0.1, -0.05) is 0 Å². The van der Waals surface area contributed by atoms with E-state index in [0.717, 1.165) is 11.1 Å². The molecule has 0 bridgehead atoms. The molecular weight excluding hydrogens is 412 g/mol. The summed E-state index contributed by atoms with van der Waals surface area (Å²) in [5.41, 5.74) is 6.16. The predicted molar refractivity (Wildman–Crippen MR) is 124 cm³/mol. The highest BCUT2D eigenvalue weighted by atomic mass is 16.5. The summed E-state index contributed by atoms with van der Waals surface area (Å²) in [6, 6.07) is 10.1. The zero-order chi connectivity index (χ0) is 23.5. The van der Waals surface area contributed by atoms with Gasteiger partial charge in [-0.3, -0.25) is 0 Å². The van der Waals surface area contributed by atoms with Crippen molar-refractivity contribution in [3.8, 4) is 23.0 Å². The second kappa shape index (κ2) is 12.2. The Kier molecular flexibility index (Phi) is 9.34. The molecule has 0 spiro atoms. The average molecular weight is 443 g/mol. The van der Waals surface area contributed by atoms with E-state index in [1.807, 2.05) is 39.8 Å². The monoisotopic (exact) mass is 442 g/mol. The fourth-order valence-corrected chi connectivity index (χ4v) is 2.59. The summed E-state index contributed by atoms with van der Waals surface area (Å²) in [5.74, 6) is 2.44. The molecule has 172 valence electrons. The van der Waals surface area contributed by atoms with Crippen LogP contribution in [-0.2, 0) is 0 Å². The van der Waals surface area contributed by atoms with Gasteiger partial charge in [0.2, 0.25) is 0 Å². The minimum absolute atomic E-state index is 0.0294. The number of nitrogens with zero attached hydrogens (tertiary/aromatic N) is 2. The molecule has 0 radical (unpaired) electrons.